The van der Waals surface area contributed by atoms with Crippen LogP contribution in [0.4, 0.5) is 11.4 Å². The van der Waals surface area contributed by atoms with Crippen LogP contribution in [-0.4, -0.2) is 25.7 Å². The van der Waals surface area contributed by atoms with E-state index in [1.807, 2.05) is 13.0 Å². The highest BCUT2D eigenvalue weighted by molar-refractivity contribution is 5.92. The number of rotatable bonds is 3. The molecule has 20 heavy (non-hydrogen) atoms. The molecule has 1 aliphatic heterocycles. The van der Waals surface area contributed by atoms with E-state index in [2.05, 4.69) is 18.7 Å². The number of carbonyl (C=O) groups is 1. The Labute approximate surface area is 120 Å². The second kappa shape index (κ2) is 6.16. The molecule has 0 bridgehead atoms. The Morgan fingerprint density at radius 1 is 1.35 bits per heavy atom. The average molecular weight is 276 g/mol. The van der Waals surface area contributed by atoms with Gasteiger partial charge in [0.25, 0.3) is 0 Å². The number of hydrogen-bond donors (Lipinski definition) is 1. The molecule has 0 aliphatic carbocycles. The lowest BCUT2D eigenvalue weighted by Gasteiger charge is -2.37. The number of benzene rings is 1. The lowest BCUT2D eigenvalue weighted by molar-refractivity contribution is 0.0526. The van der Waals surface area contributed by atoms with Gasteiger partial charge in [-0.05, 0) is 43.4 Å². The molecule has 0 saturated carbocycles. The van der Waals surface area contributed by atoms with Crippen molar-refractivity contribution in [2.24, 2.45) is 11.8 Å². The zero-order valence-corrected chi connectivity index (χ0v) is 12.6. The molecule has 1 heterocycles. The number of nitrogens with zero attached hydrogens (tertiary/aromatic N) is 1. The first kappa shape index (κ1) is 14.7. The van der Waals surface area contributed by atoms with Crippen LogP contribution < -0.4 is 10.6 Å². The average Bonchev–Trinajstić information content (AvgIpc) is 2.38. The van der Waals surface area contributed by atoms with Gasteiger partial charge in [-0.15, -0.1) is 0 Å². The molecule has 0 radical (unpaired) electrons. The molecule has 4 heteroatoms. The standard InChI is InChI=1S/C16H24N2O2/c1-4-20-16(19)13-5-6-14(17)15(8-13)18-9-11(2)7-12(3)10-18/h5-6,8,11-12H,4,7,9-10,17H2,1-3H3. The molecule has 0 amide bonds. The van der Waals surface area contributed by atoms with Gasteiger partial charge in [-0.2, -0.15) is 0 Å². The minimum atomic E-state index is -0.285. The summed E-state index contributed by atoms with van der Waals surface area (Å²) in [6, 6.07) is 5.39. The van der Waals surface area contributed by atoms with Crippen LogP contribution >= 0.6 is 0 Å². The van der Waals surface area contributed by atoms with E-state index in [4.69, 9.17) is 10.5 Å². The Morgan fingerprint density at radius 3 is 2.60 bits per heavy atom. The molecular formula is C16H24N2O2. The maximum absolute atomic E-state index is 11.8. The van der Waals surface area contributed by atoms with Crippen LogP contribution in [0.5, 0.6) is 0 Å². The molecule has 2 N–H and O–H groups in total. The number of hydrogen-bond acceptors (Lipinski definition) is 4. The van der Waals surface area contributed by atoms with E-state index in [0.717, 1.165) is 24.5 Å². The van der Waals surface area contributed by atoms with E-state index >= 15 is 0 Å². The molecule has 1 fully saturated rings. The van der Waals surface area contributed by atoms with Crippen molar-refractivity contribution in [3.63, 3.8) is 0 Å². The van der Waals surface area contributed by atoms with E-state index in [9.17, 15) is 4.79 Å². The normalized spacial score (nSPS) is 22.6. The lowest BCUT2D eigenvalue weighted by Crippen LogP contribution is -2.39. The largest absolute Gasteiger partial charge is 0.462 e. The first-order chi connectivity index (χ1) is 9.51. The molecule has 2 rings (SSSR count). The number of esters is 1. The molecule has 2 unspecified atom stereocenters. The van der Waals surface area contributed by atoms with E-state index in [1.54, 1.807) is 12.1 Å². The minimum Gasteiger partial charge on any atom is -0.462 e. The van der Waals surface area contributed by atoms with Crippen molar-refractivity contribution < 1.29 is 9.53 Å². The molecule has 110 valence electrons. The summed E-state index contributed by atoms with van der Waals surface area (Å²) in [5.41, 5.74) is 8.34. The van der Waals surface area contributed by atoms with Gasteiger partial charge in [0, 0.05) is 13.1 Å². The summed E-state index contributed by atoms with van der Waals surface area (Å²) < 4.78 is 5.05. The van der Waals surface area contributed by atoms with Crippen LogP contribution in [0.1, 0.15) is 37.6 Å². The third-order valence-electron chi connectivity index (χ3n) is 3.75. The fraction of sp³-hybridized carbons (Fsp3) is 0.562. The predicted octanol–water partition coefficient (Wildman–Crippen LogP) is 2.93. The van der Waals surface area contributed by atoms with E-state index in [1.165, 1.54) is 6.42 Å². The number of nitrogens with two attached hydrogens (primary N) is 1. The fourth-order valence-electron chi connectivity index (χ4n) is 3.02. The maximum atomic E-state index is 11.8. The molecule has 1 aliphatic rings. The Morgan fingerprint density at radius 2 is 2.00 bits per heavy atom. The van der Waals surface area contributed by atoms with Gasteiger partial charge in [-0.1, -0.05) is 13.8 Å². The zero-order chi connectivity index (χ0) is 14.7. The van der Waals surface area contributed by atoms with Crippen molar-refractivity contribution in [2.45, 2.75) is 27.2 Å². The second-order valence-electron chi connectivity index (χ2n) is 5.85. The van der Waals surface area contributed by atoms with Gasteiger partial charge in [0.05, 0.1) is 23.5 Å². The minimum absolute atomic E-state index is 0.285. The second-order valence-corrected chi connectivity index (χ2v) is 5.85. The highest BCUT2D eigenvalue weighted by Crippen LogP contribution is 2.31. The van der Waals surface area contributed by atoms with E-state index < -0.39 is 0 Å². The Bertz CT molecular complexity index is 477. The molecular weight excluding hydrogens is 252 g/mol. The lowest BCUT2D eigenvalue weighted by atomic mass is 9.91. The summed E-state index contributed by atoms with van der Waals surface area (Å²) in [7, 11) is 0. The van der Waals surface area contributed by atoms with Crippen LogP contribution in [0.25, 0.3) is 0 Å². The topological polar surface area (TPSA) is 55.6 Å². The van der Waals surface area contributed by atoms with Crippen molar-refractivity contribution in [1.82, 2.24) is 0 Å². The van der Waals surface area contributed by atoms with E-state index in [0.29, 0.717) is 24.0 Å². The summed E-state index contributed by atoms with van der Waals surface area (Å²) in [6.45, 7) is 8.68. The highest BCUT2D eigenvalue weighted by Gasteiger charge is 2.24. The van der Waals surface area contributed by atoms with Crippen LogP contribution in [-0.2, 0) is 4.74 Å². The van der Waals surface area contributed by atoms with Crippen molar-refractivity contribution in [1.29, 1.82) is 0 Å². The van der Waals surface area contributed by atoms with Gasteiger partial charge >= 0.3 is 5.97 Å². The quantitative estimate of drug-likeness (QED) is 0.681. The first-order valence-corrected chi connectivity index (χ1v) is 7.32. The summed E-state index contributed by atoms with van der Waals surface area (Å²) in [5, 5.41) is 0. The van der Waals surface area contributed by atoms with Gasteiger partial charge in [-0.3, -0.25) is 0 Å². The monoisotopic (exact) mass is 276 g/mol. The third-order valence-corrected chi connectivity index (χ3v) is 3.75. The van der Waals surface area contributed by atoms with Crippen LogP contribution in [0, 0.1) is 11.8 Å². The number of anilines is 2. The molecule has 0 spiro atoms. The summed E-state index contributed by atoms with van der Waals surface area (Å²) >= 11 is 0. The molecule has 1 saturated heterocycles. The van der Waals surface area contributed by atoms with Gasteiger partial charge in [0.15, 0.2) is 0 Å². The predicted molar refractivity (Wildman–Crippen MR) is 82.0 cm³/mol. The highest BCUT2D eigenvalue weighted by atomic mass is 16.5. The van der Waals surface area contributed by atoms with Crippen molar-refractivity contribution in [3.05, 3.63) is 23.8 Å². The summed E-state index contributed by atoms with van der Waals surface area (Å²) in [6.07, 6.45) is 1.24. The summed E-state index contributed by atoms with van der Waals surface area (Å²) in [5.74, 6) is 1.00. The molecule has 2 atom stereocenters. The molecule has 0 aromatic heterocycles. The number of ether oxygens (including phenoxy) is 1. The number of nitrogen functional groups attached to an aromatic ring is 1. The Kier molecular flexibility index (Phi) is 4.53. The number of piperidine rings is 1. The summed E-state index contributed by atoms with van der Waals surface area (Å²) in [4.78, 5) is 14.1. The van der Waals surface area contributed by atoms with Gasteiger partial charge in [0.2, 0.25) is 0 Å². The van der Waals surface area contributed by atoms with Crippen molar-refractivity contribution >= 4 is 17.3 Å². The van der Waals surface area contributed by atoms with Gasteiger partial charge in [-0.25, -0.2) is 4.79 Å². The van der Waals surface area contributed by atoms with Crippen LogP contribution in [0.2, 0.25) is 0 Å². The van der Waals surface area contributed by atoms with Crippen molar-refractivity contribution in [2.75, 3.05) is 30.3 Å². The first-order valence-electron chi connectivity index (χ1n) is 7.32. The number of carbonyl (C=O) groups excluding carboxylic acids is 1. The Balaban J connectivity index is 2.26. The molecule has 1 aromatic carbocycles. The van der Waals surface area contributed by atoms with Crippen LogP contribution in [0.3, 0.4) is 0 Å². The smallest absolute Gasteiger partial charge is 0.338 e. The molecule has 1 aromatic rings. The fourth-order valence-corrected chi connectivity index (χ4v) is 3.02. The molecule has 4 nitrogen and oxygen atoms in total. The van der Waals surface area contributed by atoms with Gasteiger partial charge in [0.1, 0.15) is 0 Å². The van der Waals surface area contributed by atoms with Crippen LogP contribution in [0.15, 0.2) is 18.2 Å². The third kappa shape index (κ3) is 3.24. The van der Waals surface area contributed by atoms with E-state index in [-0.39, 0.29) is 5.97 Å². The zero-order valence-electron chi connectivity index (χ0n) is 12.6. The SMILES string of the molecule is CCOC(=O)c1ccc(N)c(N2CC(C)CC(C)C2)c1. The maximum Gasteiger partial charge on any atom is 0.338 e. The van der Waals surface area contributed by atoms with Crippen molar-refractivity contribution in [3.8, 4) is 0 Å². The van der Waals surface area contributed by atoms with Gasteiger partial charge < -0.3 is 15.4 Å². The Hall–Kier alpha value is -1.71.